The van der Waals surface area contributed by atoms with Gasteiger partial charge in [0.05, 0.1) is 11.8 Å². The molecular formula is C21H26N4OS. The fourth-order valence-electron chi connectivity index (χ4n) is 4.22. The highest BCUT2D eigenvalue weighted by Gasteiger charge is 2.45. The molecule has 1 saturated carbocycles. The van der Waals surface area contributed by atoms with E-state index in [9.17, 15) is 10.1 Å². The minimum absolute atomic E-state index is 0.0119. The lowest BCUT2D eigenvalue weighted by molar-refractivity contribution is -0.117. The van der Waals surface area contributed by atoms with Crippen LogP contribution in [0.5, 0.6) is 0 Å². The molecule has 0 spiro atoms. The Morgan fingerprint density at radius 1 is 1.44 bits per heavy atom. The van der Waals surface area contributed by atoms with Crippen molar-refractivity contribution in [1.82, 2.24) is 9.78 Å². The van der Waals surface area contributed by atoms with Crippen LogP contribution in [0.3, 0.4) is 0 Å². The molecule has 4 rings (SSSR count). The van der Waals surface area contributed by atoms with Crippen molar-refractivity contribution in [3.8, 4) is 6.07 Å². The van der Waals surface area contributed by atoms with Gasteiger partial charge < -0.3 is 5.32 Å². The molecule has 0 saturated heterocycles. The van der Waals surface area contributed by atoms with E-state index in [1.165, 1.54) is 4.88 Å². The molecule has 3 atom stereocenters. The van der Waals surface area contributed by atoms with Crippen LogP contribution in [0.15, 0.2) is 12.4 Å². The number of hydrogen-bond acceptors (Lipinski definition) is 4. The summed E-state index contributed by atoms with van der Waals surface area (Å²) in [5.41, 5.74) is 3.24. The minimum atomic E-state index is -0.0119. The third kappa shape index (κ3) is 3.41. The van der Waals surface area contributed by atoms with Gasteiger partial charge in [0.25, 0.3) is 0 Å². The molecule has 5 nitrogen and oxygen atoms in total. The average molecular weight is 383 g/mol. The number of hydrogen-bond donors (Lipinski definition) is 1. The molecule has 0 aromatic carbocycles. The molecule has 2 aliphatic carbocycles. The number of aryl methyl sites for hydroxylation is 1. The fourth-order valence-corrected chi connectivity index (χ4v) is 5.50. The number of nitrogens with zero attached hydrogens (tertiary/aromatic N) is 3. The molecule has 0 aliphatic heterocycles. The van der Waals surface area contributed by atoms with Crippen LogP contribution in [-0.2, 0) is 24.7 Å². The first-order valence-electron chi connectivity index (χ1n) is 9.62. The van der Waals surface area contributed by atoms with Gasteiger partial charge in [0.15, 0.2) is 0 Å². The summed E-state index contributed by atoms with van der Waals surface area (Å²) in [7, 11) is 1.89. The highest BCUT2D eigenvalue weighted by Crippen LogP contribution is 2.49. The van der Waals surface area contributed by atoms with E-state index in [1.54, 1.807) is 16.0 Å². The maximum absolute atomic E-state index is 12.7. The summed E-state index contributed by atoms with van der Waals surface area (Å²) < 4.78 is 1.77. The van der Waals surface area contributed by atoms with Crippen LogP contribution in [-0.4, -0.2) is 15.7 Å². The maximum atomic E-state index is 12.7. The van der Waals surface area contributed by atoms with Crippen molar-refractivity contribution < 1.29 is 4.79 Å². The van der Waals surface area contributed by atoms with E-state index < -0.39 is 0 Å². The smallest absolute Gasteiger partial charge is 0.228 e. The van der Waals surface area contributed by atoms with Gasteiger partial charge in [-0.2, -0.15) is 10.4 Å². The number of carbonyl (C=O) groups excluding carboxylic acids is 1. The van der Waals surface area contributed by atoms with Gasteiger partial charge >= 0.3 is 0 Å². The normalized spacial score (nSPS) is 24.2. The highest BCUT2D eigenvalue weighted by atomic mass is 32.1. The molecule has 27 heavy (non-hydrogen) atoms. The van der Waals surface area contributed by atoms with Gasteiger partial charge in [-0.1, -0.05) is 20.8 Å². The molecular weight excluding hydrogens is 356 g/mol. The monoisotopic (exact) mass is 382 g/mol. The Morgan fingerprint density at radius 3 is 2.85 bits per heavy atom. The summed E-state index contributed by atoms with van der Waals surface area (Å²) in [6.07, 6.45) is 7.74. The zero-order valence-corrected chi connectivity index (χ0v) is 17.2. The number of nitriles is 1. The van der Waals surface area contributed by atoms with Gasteiger partial charge in [-0.3, -0.25) is 9.48 Å². The Hall–Kier alpha value is -2.13. The molecule has 6 heteroatoms. The van der Waals surface area contributed by atoms with Gasteiger partial charge in [-0.05, 0) is 54.1 Å². The molecule has 0 radical (unpaired) electrons. The Balaban J connectivity index is 1.50. The minimum Gasteiger partial charge on any atom is -0.316 e. The Kier molecular flexibility index (Phi) is 4.38. The number of fused-ring (bicyclic) bond motifs is 1. The topological polar surface area (TPSA) is 70.7 Å². The van der Waals surface area contributed by atoms with Crippen LogP contribution in [0.2, 0.25) is 0 Å². The van der Waals surface area contributed by atoms with Crippen LogP contribution in [0.1, 0.15) is 61.1 Å². The fraction of sp³-hybridized carbons (Fsp3) is 0.571. The van der Waals surface area contributed by atoms with Crippen LogP contribution in [0, 0.1) is 28.6 Å². The van der Waals surface area contributed by atoms with Gasteiger partial charge in [0.1, 0.15) is 11.1 Å². The van der Waals surface area contributed by atoms with Gasteiger partial charge in [0, 0.05) is 24.0 Å². The summed E-state index contributed by atoms with van der Waals surface area (Å²) in [5, 5.41) is 17.7. The van der Waals surface area contributed by atoms with Crippen LogP contribution in [0.4, 0.5) is 5.00 Å². The molecule has 142 valence electrons. The highest BCUT2D eigenvalue weighted by molar-refractivity contribution is 7.16. The van der Waals surface area contributed by atoms with E-state index in [0.29, 0.717) is 11.5 Å². The van der Waals surface area contributed by atoms with Crippen LogP contribution in [0.25, 0.3) is 0 Å². The Bertz CT molecular complexity index is 927. The first-order valence-corrected chi connectivity index (χ1v) is 10.4. The molecule has 1 fully saturated rings. The largest absolute Gasteiger partial charge is 0.316 e. The first kappa shape index (κ1) is 18.2. The average Bonchev–Trinajstić information content (AvgIpc) is 3.17. The predicted octanol–water partition coefficient (Wildman–Crippen LogP) is 4.25. The van der Waals surface area contributed by atoms with Crippen molar-refractivity contribution in [2.75, 3.05) is 5.32 Å². The molecule has 1 amide bonds. The number of aromatic nitrogens is 2. The lowest BCUT2D eigenvalue weighted by atomic mass is 9.72. The molecule has 2 heterocycles. The number of nitrogens with one attached hydrogen (secondary N) is 1. The predicted molar refractivity (Wildman–Crippen MR) is 107 cm³/mol. The van der Waals surface area contributed by atoms with Gasteiger partial charge in [-0.25, -0.2) is 0 Å². The second kappa shape index (κ2) is 6.49. The second-order valence-electron chi connectivity index (χ2n) is 9.01. The van der Waals surface area contributed by atoms with Gasteiger partial charge in [0.2, 0.25) is 5.91 Å². The summed E-state index contributed by atoms with van der Waals surface area (Å²) in [6, 6.07) is 2.35. The third-order valence-corrected chi connectivity index (χ3v) is 7.29. The second-order valence-corrected chi connectivity index (χ2v) is 10.1. The number of rotatable bonds is 3. The molecule has 1 N–H and O–H groups in total. The summed E-state index contributed by atoms with van der Waals surface area (Å²) in [5.74, 6) is 0.898. The summed E-state index contributed by atoms with van der Waals surface area (Å²) in [4.78, 5) is 14.0. The third-order valence-electron chi connectivity index (χ3n) is 6.12. The van der Waals surface area contributed by atoms with E-state index in [2.05, 4.69) is 37.3 Å². The lowest BCUT2D eigenvalue weighted by Crippen LogP contribution is -2.26. The van der Waals surface area contributed by atoms with Crippen molar-refractivity contribution in [3.05, 3.63) is 34.0 Å². The van der Waals surface area contributed by atoms with E-state index in [1.807, 2.05) is 19.4 Å². The van der Waals surface area contributed by atoms with Gasteiger partial charge in [-0.15, -0.1) is 11.3 Å². The standard InChI is InChI=1S/C21H26N4OS/c1-21(2,3)13-5-6-14-17(9-22)20(27-18(14)7-13)24-19(26)16-8-15(16)12-10-23-25(4)11-12/h10-11,13,15-16H,5-8H2,1-4H3,(H,24,26)/t13-,15-,16-/m0/s1. The maximum Gasteiger partial charge on any atom is 0.228 e. The summed E-state index contributed by atoms with van der Waals surface area (Å²) in [6.45, 7) is 6.86. The molecule has 2 aromatic rings. The van der Waals surface area contributed by atoms with Crippen LogP contribution < -0.4 is 5.32 Å². The zero-order valence-electron chi connectivity index (χ0n) is 16.4. The first-order chi connectivity index (χ1) is 12.8. The summed E-state index contributed by atoms with van der Waals surface area (Å²) >= 11 is 1.61. The number of thiophene rings is 1. The van der Waals surface area contributed by atoms with E-state index >= 15 is 0 Å². The SMILES string of the molecule is Cn1cc([C@@H]2C[C@@H]2C(=O)Nc2sc3c(c2C#N)CC[C@H](C(C)(C)C)C3)cn1. The quantitative estimate of drug-likeness (QED) is 0.863. The lowest BCUT2D eigenvalue weighted by Gasteiger charge is -2.33. The Labute approximate surface area is 164 Å². The van der Waals surface area contributed by atoms with E-state index in [4.69, 9.17) is 0 Å². The van der Waals surface area contributed by atoms with Crippen molar-refractivity contribution in [2.24, 2.45) is 24.3 Å². The number of anilines is 1. The number of carbonyl (C=O) groups is 1. The van der Waals surface area contributed by atoms with Crippen molar-refractivity contribution in [2.45, 2.75) is 52.4 Å². The van der Waals surface area contributed by atoms with Crippen molar-refractivity contribution >= 4 is 22.2 Å². The Morgan fingerprint density at radius 2 is 2.22 bits per heavy atom. The number of amides is 1. The van der Waals surface area contributed by atoms with E-state index in [0.717, 1.165) is 41.8 Å². The van der Waals surface area contributed by atoms with E-state index in [-0.39, 0.29) is 23.2 Å². The zero-order chi connectivity index (χ0) is 19.3. The molecule has 2 aromatic heterocycles. The molecule has 0 bridgehead atoms. The molecule has 0 unspecified atom stereocenters. The van der Waals surface area contributed by atoms with Crippen molar-refractivity contribution in [1.29, 1.82) is 5.26 Å². The van der Waals surface area contributed by atoms with Crippen LogP contribution >= 0.6 is 11.3 Å². The van der Waals surface area contributed by atoms with Crippen molar-refractivity contribution in [3.63, 3.8) is 0 Å². The molecule has 2 aliphatic rings.